The molecule has 1 saturated carbocycles. The molecule has 0 spiro atoms. The fourth-order valence-corrected chi connectivity index (χ4v) is 2.75. The van der Waals surface area contributed by atoms with Crippen LogP contribution in [0.15, 0.2) is 0 Å². The monoisotopic (exact) mass is 252 g/mol. The minimum Gasteiger partial charge on any atom is -0.327 e. The summed E-state index contributed by atoms with van der Waals surface area (Å²) in [5.74, 6) is 0. The first-order valence-corrected chi connectivity index (χ1v) is 6.31. The van der Waals surface area contributed by atoms with Crippen LogP contribution in [-0.4, -0.2) is 36.8 Å². The molecule has 2 atom stereocenters. The highest BCUT2D eigenvalue weighted by Crippen LogP contribution is 2.37. The summed E-state index contributed by atoms with van der Waals surface area (Å²) in [5.41, 5.74) is 5.86. The van der Waals surface area contributed by atoms with Gasteiger partial charge in [-0.1, -0.05) is 20.3 Å². The predicted molar refractivity (Wildman–Crippen MR) is 62.7 cm³/mol. The van der Waals surface area contributed by atoms with Crippen LogP contribution < -0.4 is 5.73 Å². The van der Waals surface area contributed by atoms with E-state index in [4.69, 9.17) is 5.73 Å². The summed E-state index contributed by atoms with van der Waals surface area (Å²) in [6.45, 7) is 4.05. The molecule has 2 nitrogen and oxygen atoms in total. The molecular weight excluding hydrogens is 229 g/mol. The van der Waals surface area contributed by atoms with Gasteiger partial charge in [-0.15, -0.1) is 0 Å². The van der Waals surface area contributed by atoms with Crippen LogP contribution in [0.4, 0.5) is 13.2 Å². The minimum absolute atomic E-state index is 0.0371. The van der Waals surface area contributed by atoms with Gasteiger partial charge < -0.3 is 5.73 Å². The molecule has 0 bridgehead atoms. The second kappa shape index (κ2) is 5.57. The van der Waals surface area contributed by atoms with E-state index in [0.717, 1.165) is 25.7 Å². The Morgan fingerprint density at radius 1 is 1.41 bits per heavy atom. The van der Waals surface area contributed by atoms with E-state index in [0.29, 0.717) is 13.1 Å². The van der Waals surface area contributed by atoms with E-state index in [1.807, 2.05) is 13.8 Å². The lowest BCUT2D eigenvalue weighted by atomic mass is 9.84. The highest BCUT2D eigenvalue weighted by atomic mass is 19.4. The molecule has 1 fully saturated rings. The van der Waals surface area contributed by atoms with Crippen molar-refractivity contribution in [1.29, 1.82) is 0 Å². The highest BCUT2D eigenvalue weighted by Gasteiger charge is 2.40. The van der Waals surface area contributed by atoms with Crippen molar-refractivity contribution < 1.29 is 13.2 Å². The Morgan fingerprint density at radius 2 is 2.06 bits per heavy atom. The molecule has 1 aliphatic carbocycles. The minimum atomic E-state index is -4.12. The summed E-state index contributed by atoms with van der Waals surface area (Å²) in [5, 5.41) is 0. The molecule has 2 unspecified atom stereocenters. The van der Waals surface area contributed by atoms with E-state index in [1.54, 1.807) is 0 Å². The molecule has 0 aromatic heterocycles. The van der Waals surface area contributed by atoms with Crippen LogP contribution in [0.3, 0.4) is 0 Å². The molecule has 5 heteroatoms. The SMILES string of the molecule is CCCN(CC(F)(F)F)CC1(C)CCCC1N. The van der Waals surface area contributed by atoms with Crippen molar-refractivity contribution in [2.24, 2.45) is 11.1 Å². The Morgan fingerprint density at radius 3 is 2.47 bits per heavy atom. The van der Waals surface area contributed by atoms with Crippen molar-refractivity contribution >= 4 is 0 Å². The Bertz CT molecular complexity index is 242. The Hall–Kier alpha value is -0.290. The molecule has 1 aliphatic rings. The maximum Gasteiger partial charge on any atom is 0.401 e. The first-order valence-electron chi connectivity index (χ1n) is 6.31. The van der Waals surface area contributed by atoms with Crippen LogP contribution in [-0.2, 0) is 0 Å². The van der Waals surface area contributed by atoms with Gasteiger partial charge in [-0.2, -0.15) is 13.2 Å². The molecule has 0 radical (unpaired) electrons. The van der Waals surface area contributed by atoms with E-state index in [-0.39, 0.29) is 11.5 Å². The molecule has 1 rings (SSSR count). The number of rotatable bonds is 5. The quantitative estimate of drug-likeness (QED) is 0.815. The maximum absolute atomic E-state index is 12.5. The third kappa shape index (κ3) is 4.47. The summed E-state index contributed by atoms with van der Waals surface area (Å²) in [4.78, 5) is 1.51. The molecule has 102 valence electrons. The number of nitrogens with zero attached hydrogens (tertiary/aromatic N) is 1. The van der Waals surface area contributed by atoms with Crippen molar-refractivity contribution in [3.63, 3.8) is 0 Å². The van der Waals surface area contributed by atoms with Gasteiger partial charge in [-0.25, -0.2) is 0 Å². The van der Waals surface area contributed by atoms with Gasteiger partial charge in [-0.3, -0.25) is 4.90 Å². The van der Waals surface area contributed by atoms with Gasteiger partial charge in [0.2, 0.25) is 0 Å². The van der Waals surface area contributed by atoms with Gasteiger partial charge in [-0.05, 0) is 31.2 Å². The normalized spacial score (nSPS) is 30.2. The largest absolute Gasteiger partial charge is 0.401 e. The standard InChI is InChI=1S/C12H23F3N2/c1-3-7-17(9-12(13,14)15)8-11(2)6-4-5-10(11)16/h10H,3-9,16H2,1-2H3. The smallest absolute Gasteiger partial charge is 0.327 e. The van der Waals surface area contributed by atoms with Crippen molar-refractivity contribution in [3.8, 4) is 0 Å². The predicted octanol–water partition coefficient (Wildman–Crippen LogP) is 2.78. The molecule has 2 N–H and O–H groups in total. The van der Waals surface area contributed by atoms with Crippen LogP contribution >= 0.6 is 0 Å². The summed E-state index contributed by atoms with van der Waals surface area (Å²) in [7, 11) is 0. The number of halogens is 3. The zero-order chi connectivity index (χ0) is 13.1. The zero-order valence-electron chi connectivity index (χ0n) is 10.7. The van der Waals surface area contributed by atoms with Crippen LogP contribution in [0.5, 0.6) is 0 Å². The van der Waals surface area contributed by atoms with Gasteiger partial charge in [0.15, 0.2) is 0 Å². The van der Waals surface area contributed by atoms with Crippen molar-refractivity contribution in [2.75, 3.05) is 19.6 Å². The third-order valence-electron chi connectivity index (χ3n) is 3.69. The van der Waals surface area contributed by atoms with Gasteiger partial charge >= 0.3 is 6.18 Å². The van der Waals surface area contributed by atoms with E-state index in [2.05, 4.69) is 0 Å². The maximum atomic E-state index is 12.5. The average Bonchev–Trinajstić information content (AvgIpc) is 2.44. The second-order valence-electron chi connectivity index (χ2n) is 5.48. The van der Waals surface area contributed by atoms with Crippen molar-refractivity contribution in [1.82, 2.24) is 4.90 Å². The van der Waals surface area contributed by atoms with Gasteiger partial charge in [0.1, 0.15) is 0 Å². The van der Waals surface area contributed by atoms with Crippen molar-refractivity contribution in [2.45, 2.75) is 51.7 Å². The lowest BCUT2D eigenvalue weighted by Crippen LogP contribution is -2.47. The second-order valence-corrected chi connectivity index (χ2v) is 5.48. The summed E-state index contributed by atoms with van der Waals surface area (Å²) in [6.07, 6.45) is -0.478. The molecule has 0 aromatic carbocycles. The zero-order valence-corrected chi connectivity index (χ0v) is 10.7. The molecule has 0 heterocycles. The lowest BCUT2D eigenvalue weighted by molar-refractivity contribution is -0.149. The summed E-state index contributed by atoms with van der Waals surface area (Å²) in [6, 6.07) is 0.0371. The van der Waals surface area contributed by atoms with Gasteiger partial charge in [0.25, 0.3) is 0 Å². The Labute approximate surface area is 101 Å². The third-order valence-corrected chi connectivity index (χ3v) is 3.69. The number of alkyl halides is 3. The fourth-order valence-electron chi connectivity index (χ4n) is 2.75. The highest BCUT2D eigenvalue weighted by molar-refractivity contribution is 4.93. The Balaban J connectivity index is 2.59. The first kappa shape index (κ1) is 14.8. The average molecular weight is 252 g/mol. The van der Waals surface area contributed by atoms with Crippen LogP contribution in [0, 0.1) is 5.41 Å². The topological polar surface area (TPSA) is 29.3 Å². The number of nitrogens with two attached hydrogens (primary N) is 1. The van der Waals surface area contributed by atoms with Crippen LogP contribution in [0.2, 0.25) is 0 Å². The van der Waals surface area contributed by atoms with E-state index >= 15 is 0 Å². The summed E-state index contributed by atoms with van der Waals surface area (Å²) < 4.78 is 37.4. The number of hydrogen-bond donors (Lipinski definition) is 1. The molecule has 0 saturated heterocycles. The molecule has 0 aromatic rings. The first-order chi connectivity index (χ1) is 7.77. The van der Waals surface area contributed by atoms with E-state index in [9.17, 15) is 13.2 Å². The molecule has 17 heavy (non-hydrogen) atoms. The van der Waals surface area contributed by atoms with Crippen LogP contribution in [0.1, 0.15) is 39.5 Å². The summed E-state index contributed by atoms with van der Waals surface area (Å²) >= 11 is 0. The molecular formula is C12H23F3N2. The van der Waals surface area contributed by atoms with Crippen molar-refractivity contribution in [3.05, 3.63) is 0 Å². The van der Waals surface area contributed by atoms with Gasteiger partial charge in [0, 0.05) is 12.6 Å². The van der Waals surface area contributed by atoms with E-state index in [1.165, 1.54) is 4.90 Å². The molecule has 0 aliphatic heterocycles. The van der Waals surface area contributed by atoms with Crippen LogP contribution in [0.25, 0.3) is 0 Å². The van der Waals surface area contributed by atoms with Gasteiger partial charge in [0.05, 0.1) is 6.54 Å². The molecule has 0 amide bonds. The lowest BCUT2D eigenvalue weighted by Gasteiger charge is -2.35. The van der Waals surface area contributed by atoms with E-state index < -0.39 is 12.7 Å². The fraction of sp³-hybridized carbons (Fsp3) is 1.00. The Kier molecular flexibility index (Phi) is 4.84. The number of hydrogen-bond acceptors (Lipinski definition) is 2.